The molecule has 94 valence electrons. The minimum absolute atomic E-state index is 0.136. The summed E-state index contributed by atoms with van der Waals surface area (Å²) in [4.78, 5) is 0. The minimum Gasteiger partial charge on any atom is -0.227 e. The molecule has 0 bridgehead atoms. The predicted molar refractivity (Wildman–Crippen MR) is 37.9 cm³/mol. The molecule has 2 unspecified atom stereocenters. The van der Waals surface area contributed by atoms with Crippen molar-refractivity contribution < 1.29 is 35.1 Å². The number of alkyl halides is 7. The average molecular weight is 254 g/mol. The van der Waals surface area contributed by atoms with Crippen LogP contribution in [-0.4, -0.2) is 18.0 Å². The molecule has 0 radical (unpaired) electrons. The molecule has 1 aliphatic rings. The van der Waals surface area contributed by atoms with E-state index in [0.29, 0.717) is 6.92 Å². The lowest BCUT2D eigenvalue weighted by Crippen LogP contribution is -2.67. The first-order chi connectivity index (χ1) is 6.82. The molecule has 16 heavy (non-hydrogen) atoms. The zero-order valence-corrected chi connectivity index (χ0v) is 8.02. The van der Waals surface area contributed by atoms with E-state index in [-0.39, 0.29) is 6.92 Å². The summed E-state index contributed by atoms with van der Waals surface area (Å²) in [7, 11) is 0. The summed E-state index contributed by atoms with van der Waals surface area (Å²) in [6.07, 6.45) is -11.5. The summed E-state index contributed by atoms with van der Waals surface area (Å²) in [5.74, 6) is -2.11. The molecule has 0 aromatic heterocycles. The Labute approximate surface area is 84.9 Å². The first-order valence-electron chi connectivity index (χ1n) is 4.01. The van der Waals surface area contributed by atoms with E-state index in [4.69, 9.17) is 0 Å². The van der Waals surface area contributed by atoms with Crippen LogP contribution >= 0.6 is 0 Å². The molecule has 1 aliphatic carbocycles. The van der Waals surface area contributed by atoms with Crippen LogP contribution < -0.4 is 0 Å². The Balaban J connectivity index is 3.46. The summed E-state index contributed by atoms with van der Waals surface area (Å²) in [5.41, 5.74) is -10.4. The third-order valence-electron chi connectivity index (χ3n) is 2.93. The van der Waals surface area contributed by atoms with Crippen molar-refractivity contribution in [2.24, 2.45) is 5.41 Å². The monoisotopic (exact) mass is 254 g/mol. The zero-order chi connectivity index (χ0) is 13.2. The van der Waals surface area contributed by atoms with Gasteiger partial charge in [-0.1, -0.05) is 0 Å². The maximum absolute atomic E-state index is 13.5. The smallest absolute Gasteiger partial charge is 0.227 e. The second kappa shape index (κ2) is 2.89. The molecule has 0 fully saturated rings. The van der Waals surface area contributed by atoms with Gasteiger partial charge in [-0.3, -0.25) is 0 Å². The zero-order valence-electron chi connectivity index (χ0n) is 8.02. The van der Waals surface area contributed by atoms with E-state index in [1.165, 1.54) is 0 Å². The summed E-state index contributed by atoms with van der Waals surface area (Å²) in [5, 5.41) is 0. The van der Waals surface area contributed by atoms with Crippen molar-refractivity contribution in [3.8, 4) is 0 Å². The Morgan fingerprint density at radius 2 is 1.31 bits per heavy atom. The first kappa shape index (κ1) is 13.2. The Morgan fingerprint density at radius 1 is 0.938 bits per heavy atom. The van der Waals surface area contributed by atoms with Gasteiger partial charge in [-0.05, 0) is 13.8 Å². The van der Waals surface area contributed by atoms with Crippen molar-refractivity contribution in [1.82, 2.24) is 0 Å². The number of rotatable bonds is 0. The fourth-order valence-electron chi connectivity index (χ4n) is 1.81. The normalized spacial score (nSPS) is 36.4. The Kier molecular flexibility index (Phi) is 2.39. The summed E-state index contributed by atoms with van der Waals surface area (Å²) >= 11 is 0. The lowest BCUT2D eigenvalue weighted by molar-refractivity contribution is -0.334. The first-order valence-corrected chi connectivity index (χ1v) is 4.01. The molecule has 0 aliphatic heterocycles. The standard InChI is InChI=1S/C8H6F8/c1-3-4(9)5(2,7(11,12)13)6(3,10)8(14,15)16/h1-2H3. The molecule has 0 nitrogen and oxygen atoms in total. The van der Waals surface area contributed by atoms with E-state index < -0.39 is 34.8 Å². The maximum atomic E-state index is 13.5. The summed E-state index contributed by atoms with van der Waals surface area (Å²) in [6.45, 7) is 0.221. The van der Waals surface area contributed by atoms with Crippen molar-refractivity contribution in [2.45, 2.75) is 31.9 Å². The second-order valence-electron chi connectivity index (χ2n) is 3.72. The fraction of sp³-hybridized carbons (Fsp3) is 0.750. The molecule has 1 rings (SSSR count). The molecule has 0 aromatic carbocycles. The van der Waals surface area contributed by atoms with Gasteiger partial charge < -0.3 is 0 Å². The molecular weight excluding hydrogens is 248 g/mol. The van der Waals surface area contributed by atoms with Gasteiger partial charge in [0.25, 0.3) is 0 Å². The van der Waals surface area contributed by atoms with Crippen LogP contribution in [0.2, 0.25) is 0 Å². The summed E-state index contributed by atoms with van der Waals surface area (Å²) < 4.78 is 100. The molecular formula is C8H6F8. The van der Waals surface area contributed by atoms with Crippen LogP contribution in [0, 0.1) is 5.41 Å². The number of halogens is 8. The van der Waals surface area contributed by atoms with Gasteiger partial charge in [0.2, 0.25) is 5.67 Å². The summed E-state index contributed by atoms with van der Waals surface area (Å²) in [6, 6.07) is 0. The SMILES string of the molecule is CC1=C(F)C(C)(C(F)(F)F)C1(F)C(F)(F)F. The van der Waals surface area contributed by atoms with E-state index in [0.717, 1.165) is 0 Å². The van der Waals surface area contributed by atoms with Gasteiger partial charge in [0.1, 0.15) is 5.83 Å². The molecule has 0 spiro atoms. The molecule has 0 amide bonds. The molecule has 0 aromatic rings. The van der Waals surface area contributed by atoms with Gasteiger partial charge in [-0.2, -0.15) is 26.3 Å². The van der Waals surface area contributed by atoms with E-state index in [1.54, 1.807) is 0 Å². The van der Waals surface area contributed by atoms with Crippen LogP contribution in [0.15, 0.2) is 11.4 Å². The van der Waals surface area contributed by atoms with Crippen molar-refractivity contribution >= 4 is 0 Å². The van der Waals surface area contributed by atoms with Gasteiger partial charge in [0.05, 0.1) is 0 Å². The second-order valence-corrected chi connectivity index (χ2v) is 3.72. The lowest BCUT2D eigenvalue weighted by Gasteiger charge is -2.51. The van der Waals surface area contributed by atoms with E-state index in [1.807, 2.05) is 0 Å². The van der Waals surface area contributed by atoms with Crippen molar-refractivity contribution in [1.29, 1.82) is 0 Å². The Hall–Kier alpha value is -0.820. The van der Waals surface area contributed by atoms with Crippen LogP contribution in [-0.2, 0) is 0 Å². The van der Waals surface area contributed by atoms with Gasteiger partial charge in [0, 0.05) is 5.57 Å². The molecule has 0 saturated carbocycles. The van der Waals surface area contributed by atoms with Crippen molar-refractivity contribution in [3.05, 3.63) is 11.4 Å². The predicted octanol–water partition coefficient (Wildman–Crippen LogP) is 4.08. The molecule has 2 atom stereocenters. The Bertz CT molecular complexity index is 314. The molecule has 0 N–H and O–H groups in total. The van der Waals surface area contributed by atoms with Crippen molar-refractivity contribution in [3.63, 3.8) is 0 Å². The molecule has 0 saturated heterocycles. The van der Waals surface area contributed by atoms with Crippen LogP contribution in [0.5, 0.6) is 0 Å². The van der Waals surface area contributed by atoms with Crippen LogP contribution in [0.25, 0.3) is 0 Å². The minimum atomic E-state index is -5.81. The van der Waals surface area contributed by atoms with Crippen LogP contribution in [0.3, 0.4) is 0 Å². The number of hydrogen-bond donors (Lipinski definition) is 0. The van der Waals surface area contributed by atoms with Crippen molar-refractivity contribution in [2.75, 3.05) is 0 Å². The van der Waals surface area contributed by atoms with Gasteiger partial charge in [-0.25, -0.2) is 8.78 Å². The van der Waals surface area contributed by atoms with E-state index in [2.05, 4.69) is 0 Å². The Morgan fingerprint density at radius 3 is 1.50 bits per heavy atom. The van der Waals surface area contributed by atoms with Gasteiger partial charge in [0.15, 0.2) is 5.41 Å². The third kappa shape index (κ3) is 1.10. The van der Waals surface area contributed by atoms with Gasteiger partial charge >= 0.3 is 12.4 Å². The maximum Gasteiger partial charge on any atom is 0.427 e. The van der Waals surface area contributed by atoms with Gasteiger partial charge in [-0.15, -0.1) is 0 Å². The molecule has 8 heteroatoms. The highest BCUT2D eigenvalue weighted by Gasteiger charge is 2.84. The van der Waals surface area contributed by atoms with Crippen LogP contribution in [0.1, 0.15) is 13.8 Å². The van der Waals surface area contributed by atoms with E-state index in [9.17, 15) is 35.1 Å². The topological polar surface area (TPSA) is 0 Å². The third-order valence-corrected chi connectivity index (χ3v) is 2.93. The quantitative estimate of drug-likeness (QED) is 0.571. The highest BCUT2D eigenvalue weighted by Crippen LogP contribution is 2.69. The highest BCUT2D eigenvalue weighted by molar-refractivity contribution is 5.45. The molecule has 0 heterocycles. The highest BCUT2D eigenvalue weighted by atomic mass is 19.4. The largest absolute Gasteiger partial charge is 0.427 e. The lowest BCUT2D eigenvalue weighted by atomic mass is 9.59. The number of hydrogen-bond acceptors (Lipinski definition) is 0. The van der Waals surface area contributed by atoms with E-state index >= 15 is 0 Å². The fourth-order valence-corrected chi connectivity index (χ4v) is 1.81. The van der Waals surface area contributed by atoms with Crippen LogP contribution in [0.4, 0.5) is 35.1 Å². The average Bonchev–Trinajstić information content (AvgIpc) is 2.09. The number of allylic oxidation sites excluding steroid dienone is 2.